The van der Waals surface area contributed by atoms with E-state index < -0.39 is 0 Å². The number of ether oxygens (including phenoxy) is 2. The summed E-state index contributed by atoms with van der Waals surface area (Å²) in [7, 11) is 4.79. The van der Waals surface area contributed by atoms with Crippen LogP contribution in [0.2, 0.25) is 0 Å². The van der Waals surface area contributed by atoms with Crippen molar-refractivity contribution in [2.75, 3.05) is 21.3 Å². The predicted molar refractivity (Wildman–Crippen MR) is 57.1 cm³/mol. The van der Waals surface area contributed by atoms with Crippen molar-refractivity contribution in [2.45, 2.75) is 6.61 Å². The third-order valence-electron chi connectivity index (χ3n) is 2.07. The van der Waals surface area contributed by atoms with Gasteiger partial charge in [-0.1, -0.05) is 0 Å². The van der Waals surface area contributed by atoms with Gasteiger partial charge in [-0.25, -0.2) is 0 Å². The minimum Gasteiger partial charge on any atom is -0.496 e. The van der Waals surface area contributed by atoms with E-state index in [1.54, 1.807) is 39.5 Å². The molecule has 0 fully saturated rings. The standard InChI is InChI=1S/C11H15NO3/c1-12-11(13)8-4-5-10(15-3)9(6-8)7-14-2/h4-6H,7H2,1-3H3,(H,12,13). The van der Waals surface area contributed by atoms with Crippen LogP contribution in [0.3, 0.4) is 0 Å². The van der Waals surface area contributed by atoms with Gasteiger partial charge >= 0.3 is 0 Å². The molecule has 1 N–H and O–H groups in total. The van der Waals surface area contributed by atoms with Crippen LogP contribution in [0, 0.1) is 0 Å². The summed E-state index contributed by atoms with van der Waals surface area (Å²) >= 11 is 0. The smallest absolute Gasteiger partial charge is 0.251 e. The van der Waals surface area contributed by atoms with Gasteiger partial charge in [0.15, 0.2) is 0 Å². The maximum Gasteiger partial charge on any atom is 0.251 e. The molecule has 0 unspecified atom stereocenters. The number of methoxy groups -OCH3 is 2. The monoisotopic (exact) mass is 209 g/mol. The Morgan fingerprint density at radius 3 is 2.67 bits per heavy atom. The number of hydrogen-bond donors (Lipinski definition) is 1. The lowest BCUT2D eigenvalue weighted by Crippen LogP contribution is -2.18. The van der Waals surface area contributed by atoms with E-state index in [0.29, 0.717) is 12.2 Å². The average molecular weight is 209 g/mol. The van der Waals surface area contributed by atoms with E-state index in [1.807, 2.05) is 0 Å². The SMILES string of the molecule is CNC(=O)c1ccc(OC)c(COC)c1. The molecule has 0 spiro atoms. The van der Waals surface area contributed by atoms with Crippen LogP contribution in [0.1, 0.15) is 15.9 Å². The molecule has 1 rings (SSSR count). The summed E-state index contributed by atoms with van der Waals surface area (Å²) in [6.45, 7) is 0.425. The lowest BCUT2D eigenvalue weighted by atomic mass is 10.1. The largest absolute Gasteiger partial charge is 0.496 e. The highest BCUT2D eigenvalue weighted by atomic mass is 16.5. The molecule has 0 atom stereocenters. The van der Waals surface area contributed by atoms with Crippen LogP contribution < -0.4 is 10.1 Å². The van der Waals surface area contributed by atoms with E-state index in [9.17, 15) is 4.79 Å². The summed E-state index contributed by atoms with van der Waals surface area (Å²) < 4.78 is 10.2. The second kappa shape index (κ2) is 5.36. The Morgan fingerprint density at radius 1 is 1.40 bits per heavy atom. The van der Waals surface area contributed by atoms with Crippen LogP contribution in [0.25, 0.3) is 0 Å². The summed E-state index contributed by atoms with van der Waals surface area (Å²) in [4.78, 5) is 11.4. The van der Waals surface area contributed by atoms with Gasteiger partial charge in [0, 0.05) is 25.3 Å². The number of benzene rings is 1. The zero-order chi connectivity index (χ0) is 11.3. The highest BCUT2D eigenvalue weighted by Gasteiger charge is 2.08. The lowest BCUT2D eigenvalue weighted by Gasteiger charge is -2.09. The molecule has 0 heterocycles. The van der Waals surface area contributed by atoms with Gasteiger partial charge in [0.05, 0.1) is 13.7 Å². The van der Waals surface area contributed by atoms with Gasteiger partial charge in [0.25, 0.3) is 5.91 Å². The van der Waals surface area contributed by atoms with Gasteiger partial charge in [-0.3, -0.25) is 4.79 Å². The molecule has 1 amide bonds. The normalized spacial score (nSPS) is 9.80. The summed E-state index contributed by atoms with van der Waals surface area (Å²) in [5.41, 5.74) is 1.46. The van der Waals surface area contributed by atoms with E-state index in [0.717, 1.165) is 11.3 Å². The van der Waals surface area contributed by atoms with Crippen LogP contribution in [0.4, 0.5) is 0 Å². The summed E-state index contributed by atoms with van der Waals surface area (Å²) in [6, 6.07) is 5.25. The van der Waals surface area contributed by atoms with Crippen LogP contribution in [0.5, 0.6) is 5.75 Å². The first-order valence-electron chi connectivity index (χ1n) is 4.61. The quantitative estimate of drug-likeness (QED) is 0.810. The molecule has 0 saturated carbocycles. The zero-order valence-electron chi connectivity index (χ0n) is 9.16. The van der Waals surface area contributed by atoms with E-state index >= 15 is 0 Å². The third kappa shape index (κ3) is 2.70. The van der Waals surface area contributed by atoms with Gasteiger partial charge in [-0.2, -0.15) is 0 Å². The maximum absolute atomic E-state index is 11.4. The third-order valence-corrected chi connectivity index (χ3v) is 2.07. The Morgan fingerprint density at radius 2 is 2.13 bits per heavy atom. The molecule has 0 aliphatic carbocycles. The van der Waals surface area contributed by atoms with Crippen LogP contribution >= 0.6 is 0 Å². The molecule has 15 heavy (non-hydrogen) atoms. The topological polar surface area (TPSA) is 47.6 Å². The van der Waals surface area contributed by atoms with Gasteiger partial charge < -0.3 is 14.8 Å². The highest BCUT2D eigenvalue weighted by molar-refractivity contribution is 5.94. The molecule has 0 aliphatic rings. The molecule has 4 nitrogen and oxygen atoms in total. The molecule has 0 aromatic heterocycles. The zero-order valence-corrected chi connectivity index (χ0v) is 9.16. The molecular weight excluding hydrogens is 194 g/mol. The van der Waals surface area contributed by atoms with E-state index in [4.69, 9.17) is 9.47 Å². The summed E-state index contributed by atoms with van der Waals surface area (Å²) in [6.07, 6.45) is 0. The number of carbonyl (C=O) groups excluding carboxylic acids is 1. The summed E-state index contributed by atoms with van der Waals surface area (Å²) in [5, 5.41) is 2.57. The second-order valence-corrected chi connectivity index (χ2v) is 3.04. The fourth-order valence-corrected chi connectivity index (χ4v) is 1.33. The molecule has 0 bridgehead atoms. The Hall–Kier alpha value is -1.55. The molecule has 82 valence electrons. The van der Waals surface area contributed by atoms with Gasteiger partial charge in [-0.15, -0.1) is 0 Å². The maximum atomic E-state index is 11.4. The van der Waals surface area contributed by atoms with Crippen molar-refractivity contribution in [3.8, 4) is 5.75 Å². The Bertz CT molecular complexity index is 350. The molecule has 1 aromatic rings. The molecular formula is C11H15NO3. The molecule has 4 heteroatoms. The summed E-state index contributed by atoms with van der Waals surface area (Å²) in [5.74, 6) is 0.611. The first-order valence-corrected chi connectivity index (χ1v) is 4.61. The van der Waals surface area contributed by atoms with Gasteiger partial charge in [0.2, 0.25) is 0 Å². The minimum atomic E-state index is -0.116. The fourth-order valence-electron chi connectivity index (χ4n) is 1.33. The Balaban J connectivity index is 3.04. The number of rotatable bonds is 4. The first kappa shape index (κ1) is 11.5. The van der Waals surface area contributed by atoms with E-state index in [-0.39, 0.29) is 5.91 Å². The molecule has 0 aliphatic heterocycles. The Kier molecular flexibility index (Phi) is 4.12. The number of hydrogen-bond acceptors (Lipinski definition) is 3. The van der Waals surface area contributed by atoms with Crippen molar-refractivity contribution in [1.29, 1.82) is 0 Å². The average Bonchev–Trinajstić information content (AvgIpc) is 2.28. The first-order chi connectivity index (χ1) is 7.22. The minimum absolute atomic E-state index is 0.116. The molecule has 0 radical (unpaired) electrons. The van der Waals surface area contributed by atoms with Gasteiger partial charge in [0.1, 0.15) is 5.75 Å². The van der Waals surface area contributed by atoms with Crippen molar-refractivity contribution in [3.05, 3.63) is 29.3 Å². The van der Waals surface area contributed by atoms with Crippen LogP contribution in [0.15, 0.2) is 18.2 Å². The predicted octanol–water partition coefficient (Wildman–Crippen LogP) is 1.20. The van der Waals surface area contributed by atoms with Crippen molar-refractivity contribution in [2.24, 2.45) is 0 Å². The number of nitrogens with one attached hydrogen (secondary N) is 1. The van der Waals surface area contributed by atoms with E-state index in [1.165, 1.54) is 0 Å². The Labute approximate surface area is 89.2 Å². The number of carbonyl (C=O) groups is 1. The van der Waals surface area contributed by atoms with E-state index in [2.05, 4.69) is 5.32 Å². The highest BCUT2D eigenvalue weighted by Crippen LogP contribution is 2.20. The van der Waals surface area contributed by atoms with Crippen molar-refractivity contribution >= 4 is 5.91 Å². The second-order valence-electron chi connectivity index (χ2n) is 3.04. The van der Waals surface area contributed by atoms with Gasteiger partial charge in [-0.05, 0) is 18.2 Å². The lowest BCUT2D eigenvalue weighted by molar-refractivity contribution is 0.0962. The number of amides is 1. The molecule has 0 saturated heterocycles. The van der Waals surface area contributed by atoms with Crippen molar-refractivity contribution in [1.82, 2.24) is 5.32 Å². The van der Waals surface area contributed by atoms with Crippen LogP contribution in [-0.2, 0) is 11.3 Å². The fraction of sp³-hybridized carbons (Fsp3) is 0.364. The molecule has 1 aromatic carbocycles. The van der Waals surface area contributed by atoms with Crippen LogP contribution in [-0.4, -0.2) is 27.2 Å². The van der Waals surface area contributed by atoms with Crippen molar-refractivity contribution < 1.29 is 14.3 Å². The van der Waals surface area contributed by atoms with Crippen molar-refractivity contribution in [3.63, 3.8) is 0 Å².